The van der Waals surface area contributed by atoms with E-state index < -0.39 is 0 Å². The third-order valence-corrected chi connectivity index (χ3v) is 2.04. The van der Waals surface area contributed by atoms with Crippen LogP contribution in [0.4, 0.5) is 5.69 Å². The van der Waals surface area contributed by atoms with Crippen molar-refractivity contribution in [2.24, 2.45) is 0 Å². The lowest BCUT2D eigenvalue weighted by atomic mass is 10.3. The molecule has 74 valence electrons. The van der Waals surface area contributed by atoms with E-state index in [0.29, 0.717) is 0 Å². The summed E-state index contributed by atoms with van der Waals surface area (Å²) in [5.41, 5.74) is 2.31. The van der Waals surface area contributed by atoms with Gasteiger partial charge >= 0.3 is 0 Å². The Bertz CT molecular complexity index is 382. The Morgan fingerprint density at radius 2 is 1.79 bits per heavy atom. The van der Waals surface area contributed by atoms with Gasteiger partial charge < -0.3 is 9.88 Å². The van der Waals surface area contributed by atoms with Crippen LogP contribution in [0, 0.1) is 0 Å². The number of nitrogens with one attached hydrogen (secondary N) is 1. The van der Waals surface area contributed by atoms with Crippen LogP contribution in [0.25, 0.3) is 5.69 Å². The minimum atomic E-state index is 0. The molecule has 2 nitrogen and oxygen atoms in total. The van der Waals surface area contributed by atoms with Gasteiger partial charge in [0.15, 0.2) is 0 Å². The second kappa shape index (κ2) is 4.72. The van der Waals surface area contributed by atoms with Gasteiger partial charge in [-0.05, 0) is 30.3 Å². The van der Waals surface area contributed by atoms with Gasteiger partial charge in [-0.2, -0.15) is 0 Å². The van der Waals surface area contributed by atoms with E-state index in [-0.39, 0.29) is 12.4 Å². The molecule has 0 amide bonds. The molecule has 0 bridgehead atoms. The third kappa shape index (κ3) is 2.09. The highest BCUT2D eigenvalue weighted by Crippen LogP contribution is 2.13. The van der Waals surface area contributed by atoms with Crippen molar-refractivity contribution in [2.45, 2.75) is 0 Å². The normalized spacial score (nSPS) is 9.21. The summed E-state index contributed by atoms with van der Waals surface area (Å²) in [6.07, 6.45) is 4.07. The van der Waals surface area contributed by atoms with Gasteiger partial charge in [-0.3, -0.25) is 0 Å². The summed E-state index contributed by atoms with van der Waals surface area (Å²) in [7, 11) is 1.93. The van der Waals surface area contributed by atoms with Crippen molar-refractivity contribution in [3.63, 3.8) is 0 Å². The molecule has 0 saturated carbocycles. The van der Waals surface area contributed by atoms with E-state index in [4.69, 9.17) is 0 Å². The number of aromatic nitrogens is 1. The smallest absolute Gasteiger partial charge is 0.0469 e. The molecule has 0 unspecified atom stereocenters. The van der Waals surface area contributed by atoms with Crippen LogP contribution in [0.3, 0.4) is 0 Å². The molecule has 1 aromatic carbocycles. The first-order chi connectivity index (χ1) is 6.40. The highest BCUT2D eigenvalue weighted by molar-refractivity contribution is 5.85. The van der Waals surface area contributed by atoms with Crippen molar-refractivity contribution in [3.05, 3.63) is 48.8 Å². The highest BCUT2D eigenvalue weighted by Gasteiger charge is 1.94. The van der Waals surface area contributed by atoms with E-state index in [1.807, 2.05) is 43.7 Å². The molecule has 2 aromatic rings. The number of hydrogen-bond acceptors (Lipinski definition) is 1. The second-order valence-corrected chi connectivity index (χ2v) is 2.89. The maximum absolute atomic E-state index is 3.12. The first-order valence-corrected chi connectivity index (χ1v) is 4.31. The minimum absolute atomic E-state index is 0. The zero-order valence-corrected chi connectivity index (χ0v) is 8.79. The maximum atomic E-state index is 3.12. The molecule has 0 aliphatic carbocycles. The number of anilines is 1. The molecular weight excluding hydrogens is 196 g/mol. The second-order valence-electron chi connectivity index (χ2n) is 2.89. The highest BCUT2D eigenvalue weighted by atomic mass is 35.5. The first-order valence-electron chi connectivity index (χ1n) is 4.31. The van der Waals surface area contributed by atoms with E-state index in [1.54, 1.807) is 0 Å². The fraction of sp³-hybridized carbons (Fsp3) is 0.0909. The Hall–Kier alpha value is -1.41. The summed E-state index contributed by atoms with van der Waals surface area (Å²) in [6, 6.07) is 12.3. The van der Waals surface area contributed by atoms with Gasteiger partial charge in [-0.25, -0.2) is 0 Å². The van der Waals surface area contributed by atoms with Crippen LogP contribution in [-0.2, 0) is 0 Å². The SMILES string of the molecule is CNc1cccc(-n2cccc2)c1.Cl. The first kappa shape index (κ1) is 10.7. The fourth-order valence-corrected chi connectivity index (χ4v) is 1.33. The van der Waals surface area contributed by atoms with Gasteiger partial charge in [0, 0.05) is 30.8 Å². The van der Waals surface area contributed by atoms with Crippen LogP contribution in [0.5, 0.6) is 0 Å². The van der Waals surface area contributed by atoms with Crippen molar-refractivity contribution in [3.8, 4) is 5.69 Å². The number of hydrogen-bond donors (Lipinski definition) is 1. The molecule has 1 aromatic heterocycles. The van der Waals surface area contributed by atoms with Crippen molar-refractivity contribution in [2.75, 3.05) is 12.4 Å². The van der Waals surface area contributed by atoms with Gasteiger partial charge in [-0.1, -0.05) is 6.07 Å². The molecule has 1 N–H and O–H groups in total. The fourth-order valence-electron chi connectivity index (χ4n) is 1.33. The van der Waals surface area contributed by atoms with Crippen molar-refractivity contribution in [1.82, 2.24) is 4.57 Å². The van der Waals surface area contributed by atoms with Crippen molar-refractivity contribution >= 4 is 18.1 Å². The van der Waals surface area contributed by atoms with Crippen LogP contribution in [0.2, 0.25) is 0 Å². The summed E-state index contributed by atoms with van der Waals surface area (Å²) in [6.45, 7) is 0. The summed E-state index contributed by atoms with van der Waals surface area (Å²) in [5, 5.41) is 3.12. The van der Waals surface area contributed by atoms with Crippen molar-refractivity contribution in [1.29, 1.82) is 0 Å². The average Bonchev–Trinajstić information content (AvgIpc) is 2.71. The van der Waals surface area contributed by atoms with Crippen LogP contribution >= 0.6 is 12.4 Å². The van der Waals surface area contributed by atoms with E-state index in [1.165, 1.54) is 5.69 Å². The Labute approximate surface area is 90.0 Å². The zero-order valence-electron chi connectivity index (χ0n) is 7.97. The van der Waals surface area contributed by atoms with Gasteiger partial charge in [-0.15, -0.1) is 12.4 Å². The number of nitrogens with zero attached hydrogens (tertiary/aromatic N) is 1. The zero-order chi connectivity index (χ0) is 9.10. The van der Waals surface area contributed by atoms with Gasteiger partial charge in [0.05, 0.1) is 0 Å². The minimum Gasteiger partial charge on any atom is -0.388 e. The molecule has 2 rings (SSSR count). The average molecular weight is 209 g/mol. The molecule has 1 heterocycles. The Kier molecular flexibility index (Phi) is 3.60. The quantitative estimate of drug-likeness (QED) is 0.803. The summed E-state index contributed by atoms with van der Waals surface area (Å²) in [5.74, 6) is 0. The summed E-state index contributed by atoms with van der Waals surface area (Å²) < 4.78 is 2.08. The molecule has 0 aliphatic heterocycles. The monoisotopic (exact) mass is 208 g/mol. The van der Waals surface area contributed by atoms with Gasteiger partial charge in [0.1, 0.15) is 0 Å². The van der Waals surface area contributed by atoms with E-state index in [0.717, 1.165) is 5.69 Å². The summed E-state index contributed by atoms with van der Waals surface area (Å²) in [4.78, 5) is 0. The number of benzene rings is 1. The lowest BCUT2D eigenvalue weighted by Crippen LogP contribution is -1.92. The van der Waals surface area contributed by atoms with E-state index in [2.05, 4.69) is 22.0 Å². The third-order valence-electron chi connectivity index (χ3n) is 2.04. The molecule has 0 aliphatic rings. The molecule has 3 heteroatoms. The van der Waals surface area contributed by atoms with Crippen LogP contribution in [0.1, 0.15) is 0 Å². The predicted octanol–water partition coefficient (Wildman–Crippen LogP) is 2.94. The Morgan fingerprint density at radius 1 is 1.07 bits per heavy atom. The maximum Gasteiger partial charge on any atom is 0.0469 e. The van der Waals surface area contributed by atoms with E-state index >= 15 is 0 Å². The lowest BCUT2D eigenvalue weighted by Gasteiger charge is -2.05. The van der Waals surface area contributed by atoms with Gasteiger partial charge in [0.2, 0.25) is 0 Å². The number of halogens is 1. The molecule has 0 spiro atoms. The molecule has 0 radical (unpaired) electrons. The van der Waals surface area contributed by atoms with Crippen LogP contribution < -0.4 is 5.32 Å². The van der Waals surface area contributed by atoms with Crippen LogP contribution in [0.15, 0.2) is 48.8 Å². The molecular formula is C11H13ClN2. The molecule has 14 heavy (non-hydrogen) atoms. The topological polar surface area (TPSA) is 17.0 Å². The Morgan fingerprint density at radius 3 is 2.43 bits per heavy atom. The molecule has 0 fully saturated rings. The van der Waals surface area contributed by atoms with Crippen molar-refractivity contribution < 1.29 is 0 Å². The molecule has 0 atom stereocenters. The standard InChI is InChI=1S/C11H12N2.ClH/c1-12-10-5-4-6-11(9-10)13-7-2-3-8-13;/h2-9,12H,1H3;1H. The van der Waals surface area contributed by atoms with Gasteiger partial charge in [0.25, 0.3) is 0 Å². The predicted molar refractivity (Wildman–Crippen MR) is 62.6 cm³/mol. The largest absolute Gasteiger partial charge is 0.388 e. The molecule has 0 saturated heterocycles. The van der Waals surface area contributed by atoms with E-state index in [9.17, 15) is 0 Å². The van der Waals surface area contributed by atoms with Crippen LogP contribution in [-0.4, -0.2) is 11.6 Å². The Balaban J connectivity index is 0.000000980. The number of rotatable bonds is 2. The summed E-state index contributed by atoms with van der Waals surface area (Å²) >= 11 is 0. The lowest BCUT2D eigenvalue weighted by molar-refractivity contribution is 1.08.